The van der Waals surface area contributed by atoms with Crippen molar-refractivity contribution in [3.8, 4) is 0 Å². The van der Waals surface area contributed by atoms with Gasteiger partial charge in [0.15, 0.2) is 0 Å². The Morgan fingerprint density at radius 3 is 1.50 bits per heavy atom. The number of hydrogen-bond donors (Lipinski definition) is 1. The van der Waals surface area contributed by atoms with Crippen LogP contribution in [0.15, 0.2) is 12.1 Å². The maximum atomic E-state index is 13.4. The Hall–Kier alpha value is -2.01. The fourth-order valence-corrected chi connectivity index (χ4v) is 0.931. The molecule has 1 unspecified atom stereocenters. The van der Waals surface area contributed by atoms with Crippen molar-refractivity contribution in [1.29, 1.82) is 0 Å². The Morgan fingerprint density at radius 2 is 1.19 bits per heavy atom. The van der Waals surface area contributed by atoms with Gasteiger partial charge in [-0.05, 0) is 0 Å². The number of nitrogens with one attached hydrogen (secondary N) is 1. The van der Waals surface area contributed by atoms with Gasteiger partial charge in [0.2, 0.25) is 0 Å². The SMILES string of the molecule is O=C(NF)C(F)(F)C(F)(F)OC(F)(C(F)(F)F)C(F)(F)OC(F)=C(F)F. The van der Waals surface area contributed by atoms with Crippen LogP contribution in [-0.4, -0.2) is 36.1 Å². The van der Waals surface area contributed by atoms with E-state index in [2.05, 4.69) is 0 Å². The van der Waals surface area contributed by atoms with E-state index in [1.54, 1.807) is 4.74 Å². The Labute approximate surface area is 131 Å². The van der Waals surface area contributed by atoms with Crippen molar-refractivity contribution in [1.82, 2.24) is 5.54 Å². The second-order valence-electron chi connectivity index (χ2n) is 3.86. The molecule has 1 N–H and O–H groups in total. The van der Waals surface area contributed by atoms with Gasteiger partial charge in [-0.3, -0.25) is 9.53 Å². The van der Waals surface area contributed by atoms with Crippen LogP contribution in [-0.2, 0) is 14.3 Å². The molecule has 0 aliphatic heterocycles. The van der Waals surface area contributed by atoms with Crippen LogP contribution in [0.3, 0.4) is 0 Å². The minimum absolute atomic E-state index is 0.716. The molecule has 1 atom stereocenters. The lowest BCUT2D eigenvalue weighted by molar-refractivity contribution is -0.512. The predicted molar refractivity (Wildman–Crippen MR) is 46.5 cm³/mol. The van der Waals surface area contributed by atoms with Gasteiger partial charge >= 0.3 is 48.2 Å². The monoisotopic (exact) mass is 425 g/mol. The molecule has 0 aromatic carbocycles. The Kier molecular flexibility index (Phi) is 6.41. The zero-order valence-corrected chi connectivity index (χ0v) is 11.0. The minimum Gasteiger partial charge on any atom is -0.398 e. The molecule has 0 aliphatic rings. The zero-order chi connectivity index (χ0) is 21.4. The van der Waals surface area contributed by atoms with Crippen LogP contribution in [0.4, 0.5) is 61.6 Å². The van der Waals surface area contributed by atoms with E-state index in [0.717, 1.165) is 0 Å². The van der Waals surface area contributed by atoms with Gasteiger partial charge in [-0.15, -0.1) is 4.48 Å². The maximum absolute atomic E-state index is 13.4. The molecule has 0 rings (SSSR count). The number of carbonyl (C=O) groups excluding carboxylic acids is 1. The average molecular weight is 425 g/mol. The number of carbonyl (C=O) groups is 1. The number of rotatable bonds is 7. The second-order valence-corrected chi connectivity index (χ2v) is 3.86. The van der Waals surface area contributed by atoms with Crippen molar-refractivity contribution < 1.29 is 75.8 Å². The normalized spacial score (nSPS) is 15.9. The van der Waals surface area contributed by atoms with Crippen molar-refractivity contribution in [3.05, 3.63) is 12.1 Å². The summed E-state index contributed by atoms with van der Waals surface area (Å²) in [4.78, 5) is 10.1. The lowest BCUT2D eigenvalue weighted by atomic mass is 10.2. The highest BCUT2D eigenvalue weighted by atomic mass is 19.4. The summed E-state index contributed by atoms with van der Waals surface area (Å²) in [5, 5.41) is 0. The van der Waals surface area contributed by atoms with E-state index in [4.69, 9.17) is 0 Å². The van der Waals surface area contributed by atoms with E-state index in [0.29, 0.717) is 0 Å². The number of alkyl halides is 10. The van der Waals surface area contributed by atoms with Crippen LogP contribution in [0.5, 0.6) is 0 Å². The Bertz CT molecular complexity index is 567. The Balaban J connectivity index is 6.22. The van der Waals surface area contributed by atoms with Crippen LogP contribution in [0.2, 0.25) is 0 Å². The lowest BCUT2D eigenvalue weighted by Crippen LogP contribution is -2.64. The highest BCUT2D eigenvalue weighted by molar-refractivity contribution is 5.83. The van der Waals surface area contributed by atoms with Gasteiger partial charge in [-0.2, -0.15) is 62.6 Å². The maximum Gasteiger partial charge on any atom is 0.471 e. The largest absolute Gasteiger partial charge is 0.471 e. The summed E-state index contributed by atoms with van der Waals surface area (Å²) in [7, 11) is 0. The molecule has 0 radical (unpaired) electrons. The molecular formula is C8HF14NO3. The molecule has 0 aromatic rings. The van der Waals surface area contributed by atoms with Crippen molar-refractivity contribution in [2.45, 2.75) is 30.2 Å². The molecule has 18 heteroatoms. The summed E-state index contributed by atoms with van der Waals surface area (Å²) in [5.41, 5.74) is -0.716. The molecule has 1 amide bonds. The van der Waals surface area contributed by atoms with Crippen LogP contribution in [0, 0.1) is 0 Å². The summed E-state index contributed by atoms with van der Waals surface area (Å²) in [6.07, 6.45) is -25.7. The summed E-state index contributed by atoms with van der Waals surface area (Å²) in [6.45, 7) is 0. The molecular weight excluding hydrogens is 424 g/mol. The smallest absolute Gasteiger partial charge is 0.398 e. The first-order valence-corrected chi connectivity index (χ1v) is 5.17. The third-order valence-electron chi connectivity index (χ3n) is 2.11. The number of ether oxygens (including phenoxy) is 2. The summed E-state index contributed by atoms with van der Waals surface area (Å²) in [5.74, 6) is -17.9. The van der Waals surface area contributed by atoms with Gasteiger partial charge < -0.3 is 4.74 Å². The predicted octanol–water partition coefficient (Wildman–Crippen LogP) is 4.10. The van der Waals surface area contributed by atoms with Gasteiger partial charge in [0.25, 0.3) is 0 Å². The highest BCUT2D eigenvalue weighted by Gasteiger charge is 2.81. The highest BCUT2D eigenvalue weighted by Crippen LogP contribution is 2.52. The molecule has 0 bridgehead atoms. The van der Waals surface area contributed by atoms with Crippen molar-refractivity contribution in [3.63, 3.8) is 0 Å². The van der Waals surface area contributed by atoms with Gasteiger partial charge in [0.05, 0.1) is 0 Å². The van der Waals surface area contributed by atoms with E-state index >= 15 is 0 Å². The number of amides is 1. The molecule has 0 heterocycles. The zero-order valence-electron chi connectivity index (χ0n) is 11.0. The number of halogens is 14. The fourth-order valence-electron chi connectivity index (χ4n) is 0.931. The van der Waals surface area contributed by atoms with Crippen molar-refractivity contribution >= 4 is 5.91 Å². The molecule has 0 fully saturated rings. The fraction of sp³-hybridized carbons (Fsp3) is 0.625. The van der Waals surface area contributed by atoms with Crippen LogP contribution in [0.1, 0.15) is 0 Å². The van der Waals surface area contributed by atoms with Crippen molar-refractivity contribution in [2.75, 3.05) is 0 Å². The quantitative estimate of drug-likeness (QED) is 0.380. The molecule has 0 saturated carbocycles. The minimum atomic E-state index is -7.46. The summed E-state index contributed by atoms with van der Waals surface area (Å²) >= 11 is 0. The van der Waals surface area contributed by atoms with Crippen LogP contribution in [0.25, 0.3) is 0 Å². The van der Waals surface area contributed by atoms with Crippen molar-refractivity contribution in [2.24, 2.45) is 0 Å². The van der Waals surface area contributed by atoms with Gasteiger partial charge in [-0.25, -0.2) is 0 Å². The molecule has 0 aliphatic carbocycles. The first kappa shape index (κ1) is 24.0. The molecule has 154 valence electrons. The first-order chi connectivity index (χ1) is 11.3. The van der Waals surface area contributed by atoms with E-state index in [1.165, 1.54) is 0 Å². The van der Waals surface area contributed by atoms with Gasteiger partial charge in [-0.1, -0.05) is 0 Å². The molecule has 0 spiro atoms. The van der Waals surface area contributed by atoms with E-state index in [1.807, 2.05) is 4.74 Å². The summed E-state index contributed by atoms with van der Waals surface area (Å²) in [6, 6.07) is -3.92. The molecule has 4 nitrogen and oxygen atoms in total. The third kappa shape index (κ3) is 4.21. The van der Waals surface area contributed by atoms with Crippen LogP contribution < -0.4 is 5.54 Å². The summed E-state index contributed by atoms with van der Waals surface area (Å²) < 4.78 is 178. The first-order valence-electron chi connectivity index (χ1n) is 5.17. The van der Waals surface area contributed by atoms with E-state index in [-0.39, 0.29) is 0 Å². The average Bonchev–Trinajstić information content (AvgIpc) is 2.43. The van der Waals surface area contributed by atoms with E-state index in [9.17, 15) is 66.4 Å². The lowest BCUT2D eigenvalue weighted by Gasteiger charge is -2.36. The Morgan fingerprint density at radius 1 is 0.769 bits per heavy atom. The molecule has 0 saturated heterocycles. The second kappa shape index (κ2) is 6.95. The standard InChI is InChI=1S/C8HF14NO3/c9-1(10)2(11)25-8(20,21)5(14,6(15,16)17)26-7(18,19)4(12,13)3(24)23-22/h(H,23,24). The van der Waals surface area contributed by atoms with Gasteiger partial charge in [0.1, 0.15) is 0 Å². The number of hydrogen-bond acceptors (Lipinski definition) is 3. The molecule has 0 aromatic heterocycles. The topological polar surface area (TPSA) is 47.6 Å². The molecule has 26 heavy (non-hydrogen) atoms. The third-order valence-corrected chi connectivity index (χ3v) is 2.11. The van der Waals surface area contributed by atoms with E-state index < -0.39 is 53.7 Å². The van der Waals surface area contributed by atoms with Crippen LogP contribution >= 0.6 is 0 Å². The van der Waals surface area contributed by atoms with Gasteiger partial charge in [0, 0.05) is 0 Å².